The normalized spacial score (nSPS) is 18.9. The molecule has 1 aliphatic rings. The average Bonchev–Trinajstić information content (AvgIpc) is 2.54. The van der Waals surface area contributed by atoms with Gasteiger partial charge in [-0.15, -0.1) is 12.4 Å². The quantitative estimate of drug-likeness (QED) is 0.865. The molecule has 0 radical (unpaired) electrons. The van der Waals surface area contributed by atoms with Crippen molar-refractivity contribution in [3.8, 4) is 5.75 Å². The lowest BCUT2D eigenvalue weighted by Gasteiger charge is -2.34. The third-order valence-corrected chi connectivity index (χ3v) is 4.33. The van der Waals surface area contributed by atoms with Crippen LogP contribution in [-0.2, 0) is 4.79 Å². The summed E-state index contributed by atoms with van der Waals surface area (Å²) < 4.78 is 6.00. The number of hydrogen-bond donors (Lipinski definition) is 1. The number of benzene rings is 1. The minimum Gasteiger partial charge on any atom is -0.480 e. The molecule has 0 saturated carbocycles. The molecular formula is C18H29ClN2O2. The summed E-state index contributed by atoms with van der Waals surface area (Å²) in [5, 5.41) is 3.22. The maximum Gasteiger partial charge on any atom is 0.263 e. The average molecular weight is 341 g/mol. The summed E-state index contributed by atoms with van der Waals surface area (Å²) in [6, 6.07) is 7.88. The predicted molar refractivity (Wildman–Crippen MR) is 96.4 cm³/mol. The Labute approximate surface area is 146 Å². The number of rotatable bonds is 6. The predicted octanol–water partition coefficient (Wildman–Crippen LogP) is 3.03. The third kappa shape index (κ3) is 5.40. The summed E-state index contributed by atoms with van der Waals surface area (Å²) in [5.41, 5.74) is 1.07. The molecule has 1 heterocycles. The second-order valence-corrected chi connectivity index (χ2v) is 6.13. The summed E-state index contributed by atoms with van der Waals surface area (Å²) in [6.45, 7) is 6.69. The maximum atomic E-state index is 12.8. The van der Waals surface area contributed by atoms with Crippen molar-refractivity contribution in [3.63, 3.8) is 0 Å². The van der Waals surface area contributed by atoms with Crippen LogP contribution in [0.4, 0.5) is 0 Å². The highest BCUT2D eigenvalue weighted by Gasteiger charge is 2.29. The van der Waals surface area contributed by atoms with E-state index >= 15 is 0 Å². The fourth-order valence-corrected chi connectivity index (χ4v) is 3.07. The molecule has 1 N–H and O–H groups in total. The largest absolute Gasteiger partial charge is 0.480 e. The monoisotopic (exact) mass is 340 g/mol. The number of amides is 1. The van der Waals surface area contributed by atoms with Crippen LogP contribution in [0.3, 0.4) is 0 Å². The lowest BCUT2D eigenvalue weighted by Crippen LogP contribution is -2.48. The van der Waals surface area contributed by atoms with Gasteiger partial charge in [0.1, 0.15) is 5.75 Å². The van der Waals surface area contributed by atoms with E-state index < -0.39 is 0 Å². The number of likely N-dealkylation sites (tertiary alicyclic amines) is 1. The summed E-state index contributed by atoms with van der Waals surface area (Å²) in [6.07, 6.45) is 2.59. The van der Waals surface area contributed by atoms with Crippen LogP contribution in [-0.4, -0.2) is 43.6 Å². The molecule has 0 bridgehead atoms. The number of piperidine rings is 1. The van der Waals surface area contributed by atoms with Gasteiger partial charge in [-0.2, -0.15) is 0 Å². The molecular weight excluding hydrogens is 312 g/mol. The number of halogens is 1. The number of para-hydroxylation sites is 1. The second-order valence-electron chi connectivity index (χ2n) is 6.13. The van der Waals surface area contributed by atoms with Gasteiger partial charge in [-0.05, 0) is 57.3 Å². The minimum atomic E-state index is -0.380. The zero-order valence-electron chi connectivity index (χ0n) is 14.4. The molecule has 23 heavy (non-hydrogen) atoms. The van der Waals surface area contributed by atoms with Gasteiger partial charge in [0, 0.05) is 13.1 Å². The van der Waals surface area contributed by atoms with E-state index in [1.165, 1.54) is 6.42 Å². The van der Waals surface area contributed by atoms with Crippen molar-refractivity contribution in [2.24, 2.45) is 5.92 Å². The maximum absolute atomic E-state index is 12.8. The highest BCUT2D eigenvalue weighted by atomic mass is 35.5. The Balaban J connectivity index is 0.00000264. The number of nitrogens with zero attached hydrogens (tertiary/aromatic N) is 1. The van der Waals surface area contributed by atoms with Crippen molar-refractivity contribution >= 4 is 18.3 Å². The molecule has 1 fully saturated rings. The van der Waals surface area contributed by atoms with Gasteiger partial charge in [0.2, 0.25) is 0 Å². The minimum absolute atomic E-state index is 0. The lowest BCUT2D eigenvalue weighted by atomic mass is 9.97. The number of carbonyl (C=O) groups is 1. The van der Waals surface area contributed by atoms with Gasteiger partial charge in [0.25, 0.3) is 5.91 Å². The Morgan fingerprint density at radius 3 is 2.83 bits per heavy atom. The van der Waals surface area contributed by atoms with E-state index in [0.29, 0.717) is 12.3 Å². The van der Waals surface area contributed by atoms with Gasteiger partial charge in [0.05, 0.1) is 0 Å². The number of aryl methyl sites for hydroxylation is 1. The van der Waals surface area contributed by atoms with Crippen molar-refractivity contribution in [2.45, 2.75) is 39.2 Å². The Morgan fingerprint density at radius 1 is 1.43 bits per heavy atom. The number of ether oxygens (including phenoxy) is 1. The smallest absolute Gasteiger partial charge is 0.263 e. The molecule has 1 saturated heterocycles. The molecule has 1 amide bonds. The Bertz CT molecular complexity index is 494. The van der Waals surface area contributed by atoms with E-state index in [0.717, 1.165) is 37.4 Å². The topological polar surface area (TPSA) is 41.6 Å². The molecule has 1 aromatic carbocycles. The highest BCUT2D eigenvalue weighted by molar-refractivity contribution is 5.85. The van der Waals surface area contributed by atoms with Crippen LogP contribution in [0.2, 0.25) is 0 Å². The van der Waals surface area contributed by atoms with E-state index in [4.69, 9.17) is 4.74 Å². The van der Waals surface area contributed by atoms with Crippen LogP contribution in [0.5, 0.6) is 5.75 Å². The van der Waals surface area contributed by atoms with Gasteiger partial charge < -0.3 is 15.0 Å². The van der Waals surface area contributed by atoms with Gasteiger partial charge in [0.15, 0.2) is 6.10 Å². The first-order chi connectivity index (χ1) is 10.7. The van der Waals surface area contributed by atoms with E-state index in [9.17, 15) is 4.79 Å². The number of nitrogens with one attached hydrogen (secondary N) is 1. The first-order valence-corrected chi connectivity index (χ1v) is 8.31. The van der Waals surface area contributed by atoms with Gasteiger partial charge in [-0.1, -0.05) is 25.1 Å². The molecule has 5 heteroatoms. The van der Waals surface area contributed by atoms with Crippen LogP contribution >= 0.6 is 12.4 Å². The summed E-state index contributed by atoms with van der Waals surface area (Å²) in [5.74, 6) is 1.50. The zero-order chi connectivity index (χ0) is 15.9. The first-order valence-electron chi connectivity index (χ1n) is 8.31. The molecule has 4 nitrogen and oxygen atoms in total. The first kappa shape index (κ1) is 19.8. The van der Waals surface area contributed by atoms with Gasteiger partial charge >= 0.3 is 0 Å². The van der Waals surface area contributed by atoms with Gasteiger partial charge in [-0.3, -0.25) is 4.79 Å². The number of carbonyl (C=O) groups excluding carboxylic acids is 1. The van der Waals surface area contributed by atoms with Crippen LogP contribution in [0.1, 0.15) is 31.7 Å². The zero-order valence-corrected chi connectivity index (χ0v) is 15.2. The van der Waals surface area contributed by atoms with Crippen LogP contribution in [0, 0.1) is 12.8 Å². The third-order valence-electron chi connectivity index (χ3n) is 4.33. The molecule has 0 spiro atoms. The van der Waals surface area contributed by atoms with Crippen molar-refractivity contribution < 1.29 is 9.53 Å². The van der Waals surface area contributed by atoms with Crippen LogP contribution in [0.25, 0.3) is 0 Å². The molecule has 2 atom stereocenters. The molecule has 1 aromatic rings. The van der Waals surface area contributed by atoms with E-state index in [-0.39, 0.29) is 24.4 Å². The van der Waals surface area contributed by atoms with Crippen molar-refractivity contribution in [1.29, 1.82) is 0 Å². The second kappa shape index (κ2) is 9.78. The van der Waals surface area contributed by atoms with Crippen LogP contribution < -0.4 is 10.1 Å². The molecule has 1 aliphatic heterocycles. The van der Waals surface area contributed by atoms with Gasteiger partial charge in [-0.25, -0.2) is 0 Å². The SMILES string of the molecule is CCC(Oc1ccccc1C)C(=O)N1CCCC(CNC)C1.Cl. The fraction of sp³-hybridized carbons (Fsp3) is 0.611. The standard InChI is InChI=1S/C18H28N2O2.ClH/c1-4-16(22-17-10-6-5-8-14(17)2)18(21)20-11-7-9-15(13-20)12-19-3;/h5-6,8,10,15-16,19H,4,7,9,11-13H2,1-3H3;1H. The fourth-order valence-electron chi connectivity index (χ4n) is 3.07. The summed E-state index contributed by atoms with van der Waals surface area (Å²) in [7, 11) is 1.97. The van der Waals surface area contributed by atoms with E-state index in [2.05, 4.69) is 5.32 Å². The summed E-state index contributed by atoms with van der Waals surface area (Å²) in [4.78, 5) is 14.8. The van der Waals surface area contributed by atoms with Crippen molar-refractivity contribution in [1.82, 2.24) is 10.2 Å². The Hall–Kier alpha value is -1.26. The molecule has 2 rings (SSSR count). The Kier molecular flexibility index (Phi) is 8.42. The highest BCUT2D eigenvalue weighted by Crippen LogP contribution is 2.22. The Morgan fingerprint density at radius 2 is 2.17 bits per heavy atom. The lowest BCUT2D eigenvalue weighted by molar-refractivity contribution is -0.140. The van der Waals surface area contributed by atoms with Crippen molar-refractivity contribution in [3.05, 3.63) is 29.8 Å². The van der Waals surface area contributed by atoms with Crippen molar-refractivity contribution in [2.75, 3.05) is 26.7 Å². The molecule has 0 aliphatic carbocycles. The summed E-state index contributed by atoms with van der Waals surface area (Å²) >= 11 is 0. The van der Waals surface area contributed by atoms with E-state index in [1.807, 2.05) is 50.1 Å². The number of hydrogen-bond acceptors (Lipinski definition) is 3. The molecule has 130 valence electrons. The van der Waals surface area contributed by atoms with E-state index in [1.54, 1.807) is 0 Å². The van der Waals surface area contributed by atoms with Crippen LogP contribution in [0.15, 0.2) is 24.3 Å². The molecule has 2 unspecified atom stereocenters. The molecule has 0 aromatic heterocycles.